The summed E-state index contributed by atoms with van der Waals surface area (Å²) in [7, 11) is 1.83. The van der Waals surface area contributed by atoms with Crippen molar-refractivity contribution >= 4 is 0 Å². The quantitative estimate of drug-likeness (QED) is 0.599. The van der Waals surface area contributed by atoms with Gasteiger partial charge in [0.2, 0.25) is 0 Å². The minimum absolute atomic E-state index is 0.579. The van der Waals surface area contributed by atoms with Gasteiger partial charge in [-0.1, -0.05) is 33.6 Å². The highest BCUT2D eigenvalue weighted by molar-refractivity contribution is 4.76. The third-order valence-electron chi connectivity index (χ3n) is 2.42. The summed E-state index contributed by atoms with van der Waals surface area (Å²) in [6.45, 7) is 6.25. The maximum atomic E-state index is 5.31. The Bertz CT molecular complexity index is 70.9. The lowest BCUT2D eigenvalue weighted by Crippen LogP contribution is -2.14. The van der Waals surface area contributed by atoms with Gasteiger partial charge in [0.15, 0.2) is 0 Å². The number of hydrogen-bond acceptors (Lipinski definition) is 1. The van der Waals surface area contributed by atoms with Crippen molar-refractivity contribution in [2.75, 3.05) is 7.11 Å². The molecular formula is C10H22O. The molecule has 0 saturated heterocycles. The van der Waals surface area contributed by atoms with Crippen molar-refractivity contribution in [2.45, 2.75) is 52.6 Å². The van der Waals surface area contributed by atoms with Crippen LogP contribution in [0.3, 0.4) is 0 Å². The van der Waals surface area contributed by atoms with Crippen molar-refractivity contribution in [1.82, 2.24) is 0 Å². The predicted molar refractivity (Wildman–Crippen MR) is 49.8 cm³/mol. The summed E-state index contributed by atoms with van der Waals surface area (Å²) in [5.41, 5.74) is 0. The molecule has 0 radical (unpaired) electrons. The predicted octanol–water partition coefficient (Wildman–Crippen LogP) is 3.24. The molecule has 0 heterocycles. The molecule has 0 aromatic carbocycles. The maximum absolute atomic E-state index is 5.31. The normalized spacial score (nSPS) is 29.5. The van der Waals surface area contributed by atoms with Crippen LogP contribution in [-0.2, 0) is 4.74 Å². The van der Waals surface area contributed by atoms with E-state index >= 15 is 0 Å². The van der Waals surface area contributed by atoms with Gasteiger partial charge in [0.1, 0.15) is 0 Å². The first-order valence-corrected chi connectivity index (χ1v) is 4.91. The minimum atomic E-state index is 0.579. The molecule has 1 aliphatic rings. The van der Waals surface area contributed by atoms with E-state index in [1.54, 1.807) is 0 Å². The van der Waals surface area contributed by atoms with Gasteiger partial charge in [-0.15, -0.1) is 0 Å². The first-order valence-electron chi connectivity index (χ1n) is 4.91. The van der Waals surface area contributed by atoms with Crippen molar-refractivity contribution in [3.8, 4) is 0 Å². The Kier molecular flexibility index (Phi) is 6.63. The summed E-state index contributed by atoms with van der Waals surface area (Å²) < 4.78 is 5.31. The minimum Gasteiger partial charge on any atom is -0.381 e. The van der Waals surface area contributed by atoms with E-state index in [1.165, 1.54) is 25.7 Å². The van der Waals surface area contributed by atoms with E-state index in [0.717, 1.165) is 5.92 Å². The van der Waals surface area contributed by atoms with Crippen LogP contribution in [-0.4, -0.2) is 13.2 Å². The molecule has 2 atom stereocenters. The molecule has 0 N–H and O–H groups in total. The maximum Gasteiger partial charge on any atom is 0.0599 e. The molecule has 0 spiro atoms. The SMILES string of the molecule is CC.CC[C@H]1CCC[C@H]1OC. The summed E-state index contributed by atoms with van der Waals surface area (Å²) in [6, 6.07) is 0. The highest BCUT2D eigenvalue weighted by atomic mass is 16.5. The van der Waals surface area contributed by atoms with Crippen molar-refractivity contribution in [3.05, 3.63) is 0 Å². The molecule has 11 heavy (non-hydrogen) atoms. The van der Waals surface area contributed by atoms with Crippen LogP contribution in [0, 0.1) is 5.92 Å². The van der Waals surface area contributed by atoms with Gasteiger partial charge >= 0.3 is 0 Å². The molecule has 0 amide bonds. The van der Waals surface area contributed by atoms with E-state index in [4.69, 9.17) is 4.74 Å². The Morgan fingerprint density at radius 2 is 1.91 bits per heavy atom. The van der Waals surface area contributed by atoms with Crippen LogP contribution in [0.5, 0.6) is 0 Å². The van der Waals surface area contributed by atoms with Gasteiger partial charge in [-0.2, -0.15) is 0 Å². The molecular weight excluding hydrogens is 136 g/mol. The van der Waals surface area contributed by atoms with Crippen LogP contribution in [0.25, 0.3) is 0 Å². The molecule has 0 aliphatic heterocycles. The van der Waals surface area contributed by atoms with Crippen molar-refractivity contribution in [1.29, 1.82) is 0 Å². The standard InChI is InChI=1S/C8H16O.C2H6/c1-3-7-5-4-6-8(7)9-2;1-2/h7-8H,3-6H2,1-2H3;1-2H3/t7-,8+;/m0./s1. The molecule has 1 rings (SSSR count). The summed E-state index contributed by atoms with van der Waals surface area (Å²) >= 11 is 0. The number of ether oxygens (including phenoxy) is 1. The van der Waals surface area contributed by atoms with Crippen LogP contribution in [0.2, 0.25) is 0 Å². The Labute approximate surface area is 71.1 Å². The van der Waals surface area contributed by atoms with E-state index in [-0.39, 0.29) is 0 Å². The number of hydrogen-bond donors (Lipinski definition) is 0. The van der Waals surface area contributed by atoms with Crippen molar-refractivity contribution < 1.29 is 4.74 Å². The van der Waals surface area contributed by atoms with Gasteiger partial charge in [0.05, 0.1) is 6.10 Å². The second-order valence-electron chi connectivity index (χ2n) is 2.87. The fourth-order valence-corrected chi connectivity index (χ4v) is 1.78. The summed E-state index contributed by atoms with van der Waals surface area (Å²) in [5, 5.41) is 0. The fraction of sp³-hybridized carbons (Fsp3) is 1.00. The van der Waals surface area contributed by atoms with E-state index in [9.17, 15) is 0 Å². The largest absolute Gasteiger partial charge is 0.381 e. The lowest BCUT2D eigenvalue weighted by Gasteiger charge is -2.14. The molecule has 1 heteroatoms. The van der Waals surface area contributed by atoms with Gasteiger partial charge in [-0.05, 0) is 18.8 Å². The third-order valence-corrected chi connectivity index (χ3v) is 2.42. The second-order valence-corrected chi connectivity index (χ2v) is 2.87. The second kappa shape index (κ2) is 6.66. The van der Waals surface area contributed by atoms with Crippen molar-refractivity contribution in [3.63, 3.8) is 0 Å². The van der Waals surface area contributed by atoms with Gasteiger partial charge in [0, 0.05) is 7.11 Å². The molecule has 1 aliphatic carbocycles. The van der Waals surface area contributed by atoms with Crippen molar-refractivity contribution in [2.24, 2.45) is 5.92 Å². The molecule has 0 bridgehead atoms. The monoisotopic (exact) mass is 158 g/mol. The van der Waals surface area contributed by atoms with Crippen LogP contribution < -0.4 is 0 Å². The summed E-state index contributed by atoms with van der Waals surface area (Å²) in [5.74, 6) is 0.856. The third kappa shape index (κ3) is 3.24. The molecule has 0 aromatic heterocycles. The lowest BCUT2D eigenvalue weighted by molar-refractivity contribution is 0.0699. The first-order chi connectivity index (χ1) is 5.38. The number of rotatable bonds is 2. The van der Waals surface area contributed by atoms with Crippen LogP contribution >= 0.6 is 0 Å². The Hall–Kier alpha value is -0.0400. The molecule has 0 unspecified atom stereocenters. The highest BCUT2D eigenvalue weighted by Gasteiger charge is 2.24. The van der Waals surface area contributed by atoms with E-state index in [2.05, 4.69) is 6.92 Å². The molecule has 1 saturated carbocycles. The van der Waals surface area contributed by atoms with Crippen LogP contribution in [0.1, 0.15) is 46.5 Å². The zero-order valence-corrected chi connectivity index (χ0v) is 8.39. The first kappa shape index (κ1) is 11.0. The van der Waals surface area contributed by atoms with E-state index < -0.39 is 0 Å². The molecule has 1 fully saturated rings. The van der Waals surface area contributed by atoms with Gasteiger partial charge in [-0.3, -0.25) is 0 Å². The average Bonchev–Trinajstić information content (AvgIpc) is 2.54. The van der Waals surface area contributed by atoms with Gasteiger partial charge < -0.3 is 4.74 Å². The fourth-order valence-electron chi connectivity index (χ4n) is 1.78. The zero-order valence-electron chi connectivity index (χ0n) is 8.39. The topological polar surface area (TPSA) is 9.23 Å². The molecule has 68 valence electrons. The lowest BCUT2D eigenvalue weighted by atomic mass is 10.0. The highest BCUT2D eigenvalue weighted by Crippen LogP contribution is 2.29. The number of methoxy groups -OCH3 is 1. The average molecular weight is 158 g/mol. The van der Waals surface area contributed by atoms with E-state index in [1.807, 2.05) is 21.0 Å². The Morgan fingerprint density at radius 1 is 1.27 bits per heavy atom. The van der Waals surface area contributed by atoms with Gasteiger partial charge in [-0.25, -0.2) is 0 Å². The van der Waals surface area contributed by atoms with E-state index in [0.29, 0.717) is 6.10 Å². The summed E-state index contributed by atoms with van der Waals surface area (Å²) in [6.07, 6.45) is 5.91. The zero-order chi connectivity index (χ0) is 8.69. The smallest absolute Gasteiger partial charge is 0.0599 e. The Morgan fingerprint density at radius 3 is 2.27 bits per heavy atom. The van der Waals surface area contributed by atoms with Crippen LogP contribution in [0.15, 0.2) is 0 Å². The molecule has 0 aromatic rings. The summed E-state index contributed by atoms with van der Waals surface area (Å²) in [4.78, 5) is 0. The van der Waals surface area contributed by atoms with Gasteiger partial charge in [0.25, 0.3) is 0 Å². The van der Waals surface area contributed by atoms with Crippen LogP contribution in [0.4, 0.5) is 0 Å². The molecule has 1 nitrogen and oxygen atoms in total. The Balaban J connectivity index is 0.000000461.